The average Bonchev–Trinajstić information content (AvgIpc) is 2.40. The highest BCUT2D eigenvalue weighted by atomic mass is 127. The van der Waals surface area contributed by atoms with E-state index < -0.39 is 11.7 Å². The standard InChI is InChI=1S/C8H10FIN2O/c1-5(9)8(13)11-3-2-6-7(11)4-12(6)10/h6-7H,1-4H2. The lowest BCUT2D eigenvalue weighted by Crippen LogP contribution is -2.58. The molecule has 3 nitrogen and oxygen atoms in total. The predicted molar refractivity (Wildman–Crippen MR) is 54.9 cm³/mol. The Labute approximate surface area is 90.1 Å². The van der Waals surface area contributed by atoms with Crippen LogP contribution in [0.4, 0.5) is 4.39 Å². The maximum Gasteiger partial charge on any atom is 0.282 e. The first kappa shape index (κ1) is 9.39. The first-order valence-corrected chi connectivity index (χ1v) is 5.15. The fourth-order valence-electron chi connectivity index (χ4n) is 1.97. The van der Waals surface area contributed by atoms with Gasteiger partial charge in [0.25, 0.3) is 5.91 Å². The van der Waals surface area contributed by atoms with Gasteiger partial charge in [0.1, 0.15) is 0 Å². The van der Waals surface area contributed by atoms with E-state index in [1.165, 1.54) is 0 Å². The van der Waals surface area contributed by atoms with Crippen molar-refractivity contribution in [3.8, 4) is 0 Å². The van der Waals surface area contributed by atoms with Crippen LogP contribution >= 0.6 is 22.9 Å². The van der Waals surface area contributed by atoms with Crippen LogP contribution in [0.1, 0.15) is 6.42 Å². The van der Waals surface area contributed by atoms with Crippen molar-refractivity contribution in [1.82, 2.24) is 8.01 Å². The van der Waals surface area contributed by atoms with Gasteiger partial charge in [-0.05, 0) is 6.42 Å². The number of carbonyl (C=O) groups excluding carboxylic acids is 1. The molecular weight excluding hydrogens is 286 g/mol. The highest BCUT2D eigenvalue weighted by Gasteiger charge is 2.48. The van der Waals surface area contributed by atoms with E-state index in [4.69, 9.17) is 0 Å². The third-order valence-corrected chi connectivity index (χ3v) is 3.83. The van der Waals surface area contributed by atoms with Gasteiger partial charge >= 0.3 is 0 Å². The number of hydrogen-bond donors (Lipinski definition) is 0. The normalized spacial score (nSPS) is 32.6. The number of likely N-dealkylation sites (tertiary alicyclic amines) is 1. The van der Waals surface area contributed by atoms with Crippen molar-refractivity contribution in [2.75, 3.05) is 13.1 Å². The lowest BCUT2D eigenvalue weighted by atomic mass is 10.0. The maximum absolute atomic E-state index is 12.6. The molecule has 13 heavy (non-hydrogen) atoms. The Balaban J connectivity index is 2.04. The molecule has 1 amide bonds. The summed E-state index contributed by atoms with van der Waals surface area (Å²) in [5.74, 6) is -1.37. The quantitative estimate of drug-likeness (QED) is 0.411. The van der Waals surface area contributed by atoms with Crippen LogP contribution in [0.15, 0.2) is 12.4 Å². The minimum absolute atomic E-state index is 0.219. The van der Waals surface area contributed by atoms with Crippen LogP contribution in [-0.4, -0.2) is 39.1 Å². The Kier molecular flexibility index (Phi) is 2.31. The molecule has 2 heterocycles. The number of hydrogen-bond acceptors (Lipinski definition) is 2. The zero-order chi connectivity index (χ0) is 9.59. The van der Waals surface area contributed by atoms with Crippen LogP contribution in [0.25, 0.3) is 0 Å². The molecule has 0 aromatic rings. The van der Waals surface area contributed by atoms with Crippen molar-refractivity contribution in [2.45, 2.75) is 18.5 Å². The molecular formula is C8H10FIN2O. The average molecular weight is 296 g/mol. The van der Waals surface area contributed by atoms with Gasteiger partial charge in [-0.1, -0.05) is 6.58 Å². The second-order valence-corrected chi connectivity index (χ2v) is 4.65. The second kappa shape index (κ2) is 3.20. The van der Waals surface area contributed by atoms with E-state index in [1.54, 1.807) is 4.90 Å². The molecule has 0 aromatic heterocycles. The van der Waals surface area contributed by atoms with Gasteiger partial charge in [0.2, 0.25) is 0 Å². The molecule has 0 radical (unpaired) electrons. The third-order valence-electron chi connectivity index (χ3n) is 2.72. The van der Waals surface area contributed by atoms with Gasteiger partial charge in [-0.15, -0.1) is 0 Å². The van der Waals surface area contributed by atoms with Crippen LogP contribution in [0, 0.1) is 0 Å². The van der Waals surface area contributed by atoms with Crippen LogP contribution in [0.5, 0.6) is 0 Å². The van der Waals surface area contributed by atoms with Gasteiger partial charge in [0.15, 0.2) is 5.83 Å². The molecule has 72 valence electrons. The zero-order valence-electron chi connectivity index (χ0n) is 7.04. The predicted octanol–water partition coefficient (Wildman–Crippen LogP) is 1.10. The lowest BCUT2D eigenvalue weighted by Gasteiger charge is -2.42. The number of amides is 1. The minimum atomic E-state index is -0.840. The van der Waals surface area contributed by atoms with Crippen molar-refractivity contribution in [3.05, 3.63) is 12.4 Å². The molecule has 0 bridgehead atoms. The van der Waals surface area contributed by atoms with E-state index >= 15 is 0 Å². The van der Waals surface area contributed by atoms with Crippen molar-refractivity contribution >= 4 is 28.8 Å². The lowest BCUT2D eigenvalue weighted by molar-refractivity contribution is -0.131. The summed E-state index contributed by atoms with van der Waals surface area (Å²) in [6.45, 7) is 4.54. The molecule has 5 heteroatoms. The van der Waals surface area contributed by atoms with Crippen LogP contribution in [0.2, 0.25) is 0 Å². The SMILES string of the molecule is C=C(F)C(=O)N1CCC2C1CN2I. The molecule has 0 N–H and O–H groups in total. The molecule has 0 aromatic carbocycles. The Bertz CT molecular complexity index is 271. The van der Waals surface area contributed by atoms with E-state index in [0.717, 1.165) is 13.0 Å². The smallest absolute Gasteiger partial charge is 0.282 e. The summed E-state index contributed by atoms with van der Waals surface area (Å²) in [6.07, 6.45) is 0.951. The Morgan fingerprint density at radius 2 is 2.23 bits per heavy atom. The summed E-state index contributed by atoms with van der Waals surface area (Å²) in [7, 11) is 0. The largest absolute Gasteiger partial charge is 0.331 e. The number of nitrogens with zero attached hydrogens (tertiary/aromatic N) is 2. The molecule has 2 aliphatic rings. The van der Waals surface area contributed by atoms with Gasteiger partial charge in [-0.3, -0.25) is 4.79 Å². The van der Waals surface area contributed by atoms with Crippen LogP contribution < -0.4 is 0 Å². The Morgan fingerprint density at radius 1 is 1.54 bits per heavy atom. The number of fused-ring (bicyclic) bond motifs is 1. The highest BCUT2D eigenvalue weighted by molar-refractivity contribution is 14.1. The van der Waals surface area contributed by atoms with Crippen molar-refractivity contribution in [2.24, 2.45) is 0 Å². The Morgan fingerprint density at radius 3 is 2.69 bits per heavy atom. The first-order chi connectivity index (χ1) is 6.11. The topological polar surface area (TPSA) is 23.6 Å². The van der Waals surface area contributed by atoms with Gasteiger partial charge < -0.3 is 4.90 Å². The van der Waals surface area contributed by atoms with Gasteiger partial charge in [-0.25, -0.2) is 7.50 Å². The molecule has 2 atom stereocenters. The zero-order valence-corrected chi connectivity index (χ0v) is 9.20. The molecule has 2 aliphatic heterocycles. The minimum Gasteiger partial charge on any atom is -0.331 e. The summed E-state index contributed by atoms with van der Waals surface area (Å²) in [5, 5.41) is 0. The van der Waals surface area contributed by atoms with E-state index in [0.29, 0.717) is 12.6 Å². The molecule has 0 spiro atoms. The molecule has 0 aliphatic carbocycles. The summed E-state index contributed by atoms with van der Waals surface area (Å²) in [5.41, 5.74) is 0. The van der Waals surface area contributed by atoms with Crippen molar-refractivity contribution in [3.63, 3.8) is 0 Å². The summed E-state index contributed by atoms with van der Waals surface area (Å²) in [4.78, 5) is 12.9. The number of rotatable bonds is 1. The highest BCUT2D eigenvalue weighted by Crippen LogP contribution is 2.35. The number of halogens is 2. The summed E-state index contributed by atoms with van der Waals surface area (Å²) in [6, 6.07) is 0.654. The third kappa shape index (κ3) is 1.38. The fourth-order valence-corrected chi connectivity index (χ4v) is 3.02. The van der Waals surface area contributed by atoms with Gasteiger partial charge in [0, 0.05) is 42.0 Å². The second-order valence-electron chi connectivity index (χ2n) is 3.41. The van der Waals surface area contributed by atoms with E-state index in [1.807, 2.05) is 0 Å². The Hall–Kier alpha value is -0.170. The number of carbonyl (C=O) groups is 1. The molecule has 0 saturated carbocycles. The van der Waals surface area contributed by atoms with Crippen molar-refractivity contribution in [1.29, 1.82) is 0 Å². The molecule has 2 unspecified atom stereocenters. The summed E-state index contributed by atoms with van der Waals surface area (Å²) >= 11 is 2.24. The molecule has 2 saturated heterocycles. The maximum atomic E-state index is 12.6. The fraction of sp³-hybridized carbons (Fsp3) is 0.625. The summed E-state index contributed by atoms with van der Waals surface area (Å²) < 4.78 is 14.7. The molecule has 2 fully saturated rings. The first-order valence-electron chi connectivity index (χ1n) is 4.19. The van der Waals surface area contributed by atoms with Crippen LogP contribution in [-0.2, 0) is 4.79 Å². The van der Waals surface area contributed by atoms with E-state index in [9.17, 15) is 9.18 Å². The van der Waals surface area contributed by atoms with Gasteiger partial charge in [0.05, 0.1) is 6.04 Å². The van der Waals surface area contributed by atoms with Gasteiger partial charge in [-0.2, -0.15) is 0 Å². The van der Waals surface area contributed by atoms with E-state index in [-0.39, 0.29) is 6.04 Å². The van der Waals surface area contributed by atoms with E-state index in [2.05, 4.69) is 32.6 Å². The van der Waals surface area contributed by atoms with Crippen molar-refractivity contribution < 1.29 is 9.18 Å². The molecule has 2 rings (SSSR count). The monoisotopic (exact) mass is 296 g/mol. The van der Waals surface area contributed by atoms with Crippen LogP contribution in [0.3, 0.4) is 0 Å².